The van der Waals surface area contributed by atoms with Crippen LogP contribution >= 0.6 is 0 Å². The molecule has 1 aromatic rings. The van der Waals surface area contributed by atoms with Crippen molar-refractivity contribution in [3.05, 3.63) is 23.0 Å². The van der Waals surface area contributed by atoms with E-state index >= 15 is 0 Å². The molecular weight excluding hydrogens is 216 g/mol. The molecule has 94 valence electrons. The van der Waals surface area contributed by atoms with Crippen LogP contribution in [0.2, 0.25) is 0 Å². The standard InChI is InChI=1S/C13H20N2O2/c1-9-11(12(16)17-13(2,3)4)7-10-8-14-5-6-15(9)10/h7,14H,5-6,8H2,1-4H3. The Bertz CT molecular complexity index is 441. The van der Waals surface area contributed by atoms with Crippen LogP contribution in [0.25, 0.3) is 0 Å². The zero-order valence-corrected chi connectivity index (χ0v) is 11.0. The number of hydrogen-bond donors (Lipinski definition) is 1. The van der Waals surface area contributed by atoms with Crippen molar-refractivity contribution in [1.29, 1.82) is 0 Å². The molecule has 2 rings (SSSR count). The quantitative estimate of drug-likeness (QED) is 0.757. The van der Waals surface area contributed by atoms with Gasteiger partial charge >= 0.3 is 5.97 Å². The Morgan fingerprint density at radius 2 is 2.18 bits per heavy atom. The van der Waals surface area contributed by atoms with E-state index in [0.29, 0.717) is 5.56 Å². The lowest BCUT2D eigenvalue weighted by molar-refractivity contribution is 0.00687. The summed E-state index contributed by atoms with van der Waals surface area (Å²) >= 11 is 0. The second kappa shape index (κ2) is 4.18. The predicted octanol–water partition coefficient (Wildman–Crippen LogP) is 1.86. The van der Waals surface area contributed by atoms with E-state index in [4.69, 9.17) is 4.74 Å². The van der Waals surface area contributed by atoms with Gasteiger partial charge in [-0.25, -0.2) is 4.79 Å². The van der Waals surface area contributed by atoms with Gasteiger partial charge in [0, 0.05) is 31.0 Å². The highest BCUT2D eigenvalue weighted by Gasteiger charge is 2.23. The van der Waals surface area contributed by atoms with Crippen LogP contribution in [0, 0.1) is 6.92 Å². The number of ether oxygens (including phenoxy) is 1. The van der Waals surface area contributed by atoms with E-state index in [1.807, 2.05) is 33.8 Å². The minimum absolute atomic E-state index is 0.225. The highest BCUT2D eigenvalue weighted by Crippen LogP contribution is 2.20. The van der Waals surface area contributed by atoms with Crippen molar-refractivity contribution in [2.24, 2.45) is 0 Å². The summed E-state index contributed by atoms with van der Waals surface area (Å²) in [7, 11) is 0. The number of carbonyl (C=O) groups excluding carboxylic acids is 1. The molecule has 2 heterocycles. The lowest BCUT2D eigenvalue weighted by Crippen LogP contribution is -2.28. The molecule has 0 aromatic carbocycles. The smallest absolute Gasteiger partial charge is 0.340 e. The maximum atomic E-state index is 12.0. The SMILES string of the molecule is Cc1c(C(=O)OC(C)(C)C)cc2n1CCNC2. The third-order valence-corrected chi connectivity index (χ3v) is 2.89. The fourth-order valence-corrected chi connectivity index (χ4v) is 2.11. The third kappa shape index (κ3) is 2.52. The van der Waals surface area contributed by atoms with Gasteiger partial charge in [0.15, 0.2) is 0 Å². The van der Waals surface area contributed by atoms with Crippen LogP contribution in [0.15, 0.2) is 6.07 Å². The predicted molar refractivity (Wildman–Crippen MR) is 66.0 cm³/mol. The van der Waals surface area contributed by atoms with E-state index < -0.39 is 5.60 Å². The van der Waals surface area contributed by atoms with E-state index in [9.17, 15) is 4.79 Å². The normalized spacial score (nSPS) is 15.5. The van der Waals surface area contributed by atoms with Gasteiger partial charge in [-0.15, -0.1) is 0 Å². The maximum Gasteiger partial charge on any atom is 0.340 e. The number of carbonyl (C=O) groups is 1. The molecular formula is C13H20N2O2. The summed E-state index contributed by atoms with van der Waals surface area (Å²) in [5, 5.41) is 3.30. The Morgan fingerprint density at radius 3 is 2.76 bits per heavy atom. The van der Waals surface area contributed by atoms with Gasteiger partial charge in [-0.2, -0.15) is 0 Å². The van der Waals surface area contributed by atoms with Gasteiger partial charge in [0.25, 0.3) is 0 Å². The van der Waals surface area contributed by atoms with Crippen molar-refractivity contribution in [2.45, 2.75) is 46.4 Å². The summed E-state index contributed by atoms with van der Waals surface area (Å²) in [4.78, 5) is 12.0. The number of fused-ring (bicyclic) bond motifs is 1. The number of aromatic nitrogens is 1. The number of nitrogens with zero attached hydrogens (tertiary/aromatic N) is 1. The van der Waals surface area contributed by atoms with Crippen molar-refractivity contribution < 1.29 is 9.53 Å². The highest BCUT2D eigenvalue weighted by molar-refractivity contribution is 5.91. The summed E-state index contributed by atoms with van der Waals surface area (Å²) in [5.74, 6) is -0.225. The topological polar surface area (TPSA) is 43.3 Å². The van der Waals surface area contributed by atoms with Crippen molar-refractivity contribution in [3.63, 3.8) is 0 Å². The second-order valence-electron chi connectivity index (χ2n) is 5.47. The van der Waals surface area contributed by atoms with Gasteiger partial charge in [-0.05, 0) is 33.8 Å². The molecule has 0 atom stereocenters. The second-order valence-corrected chi connectivity index (χ2v) is 5.47. The molecule has 0 bridgehead atoms. The van der Waals surface area contributed by atoms with Crippen molar-refractivity contribution in [2.75, 3.05) is 6.54 Å². The first-order chi connectivity index (χ1) is 7.88. The van der Waals surface area contributed by atoms with Crippen LogP contribution in [0.3, 0.4) is 0 Å². The molecule has 4 heteroatoms. The molecule has 0 radical (unpaired) electrons. The Hall–Kier alpha value is -1.29. The van der Waals surface area contributed by atoms with Crippen LogP contribution in [-0.4, -0.2) is 22.7 Å². The summed E-state index contributed by atoms with van der Waals surface area (Å²) in [6, 6.07) is 1.94. The van der Waals surface area contributed by atoms with Gasteiger partial charge in [0.2, 0.25) is 0 Å². The Kier molecular flexibility index (Phi) is 3.00. The van der Waals surface area contributed by atoms with Gasteiger partial charge in [-0.1, -0.05) is 0 Å². The molecule has 0 spiro atoms. The summed E-state index contributed by atoms with van der Waals surface area (Å²) in [6.45, 7) is 10.3. The van der Waals surface area contributed by atoms with Crippen molar-refractivity contribution >= 4 is 5.97 Å². The summed E-state index contributed by atoms with van der Waals surface area (Å²) in [5.41, 5.74) is 2.42. The first-order valence-electron chi connectivity index (χ1n) is 6.01. The van der Waals surface area contributed by atoms with Crippen molar-refractivity contribution in [3.8, 4) is 0 Å². The van der Waals surface area contributed by atoms with Gasteiger partial charge in [0.1, 0.15) is 5.60 Å². The molecule has 0 saturated carbocycles. The first-order valence-corrected chi connectivity index (χ1v) is 6.01. The van der Waals surface area contributed by atoms with E-state index in [-0.39, 0.29) is 5.97 Å². The van der Waals surface area contributed by atoms with Crippen LogP contribution in [0.5, 0.6) is 0 Å². The molecule has 17 heavy (non-hydrogen) atoms. The largest absolute Gasteiger partial charge is 0.456 e. The number of rotatable bonds is 1. The average Bonchev–Trinajstić information content (AvgIpc) is 2.55. The molecule has 1 N–H and O–H groups in total. The molecule has 1 aliphatic rings. The van der Waals surface area contributed by atoms with E-state index in [1.54, 1.807) is 0 Å². The molecule has 0 fully saturated rings. The fraction of sp³-hybridized carbons (Fsp3) is 0.615. The Balaban J connectivity index is 2.27. The number of nitrogens with one attached hydrogen (secondary N) is 1. The van der Waals surface area contributed by atoms with E-state index in [2.05, 4.69) is 9.88 Å². The van der Waals surface area contributed by atoms with Crippen LogP contribution in [-0.2, 0) is 17.8 Å². The lowest BCUT2D eigenvalue weighted by Gasteiger charge is -2.20. The molecule has 1 aliphatic heterocycles. The third-order valence-electron chi connectivity index (χ3n) is 2.89. The minimum atomic E-state index is -0.440. The fourth-order valence-electron chi connectivity index (χ4n) is 2.11. The van der Waals surface area contributed by atoms with Crippen LogP contribution in [0.4, 0.5) is 0 Å². The minimum Gasteiger partial charge on any atom is -0.456 e. The molecule has 0 amide bonds. The monoisotopic (exact) mass is 236 g/mol. The molecule has 0 unspecified atom stereocenters. The maximum absolute atomic E-state index is 12.0. The zero-order valence-electron chi connectivity index (χ0n) is 11.0. The molecule has 0 saturated heterocycles. The summed E-state index contributed by atoms with van der Waals surface area (Å²) < 4.78 is 7.60. The van der Waals surface area contributed by atoms with Gasteiger partial charge < -0.3 is 14.6 Å². The van der Waals surface area contributed by atoms with E-state index in [0.717, 1.165) is 31.0 Å². The lowest BCUT2D eigenvalue weighted by atomic mass is 10.2. The van der Waals surface area contributed by atoms with Crippen molar-refractivity contribution in [1.82, 2.24) is 9.88 Å². The zero-order chi connectivity index (χ0) is 12.6. The Labute approximate surface area is 102 Å². The molecule has 1 aromatic heterocycles. The van der Waals surface area contributed by atoms with Crippen LogP contribution in [0.1, 0.15) is 42.5 Å². The molecule has 0 aliphatic carbocycles. The number of esters is 1. The summed E-state index contributed by atoms with van der Waals surface area (Å²) in [6.07, 6.45) is 0. The van der Waals surface area contributed by atoms with Gasteiger partial charge in [-0.3, -0.25) is 0 Å². The number of hydrogen-bond acceptors (Lipinski definition) is 3. The average molecular weight is 236 g/mol. The van der Waals surface area contributed by atoms with Gasteiger partial charge in [0.05, 0.1) is 5.56 Å². The first kappa shape index (κ1) is 12.2. The van der Waals surface area contributed by atoms with Crippen LogP contribution < -0.4 is 5.32 Å². The molecule has 4 nitrogen and oxygen atoms in total. The Morgan fingerprint density at radius 1 is 1.47 bits per heavy atom. The van der Waals surface area contributed by atoms with E-state index in [1.165, 1.54) is 0 Å². The highest BCUT2D eigenvalue weighted by atomic mass is 16.6.